The van der Waals surface area contributed by atoms with E-state index in [0.717, 1.165) is 0 Å². The number of nitrogens with one attached hydrogen (secondary N) is 1. The summed E-state index contributed by atoms with van der Waals surface area (Å²) < 4.78 is 161. The van der Waals surface area contributed by atoms with Crippen molar-refractivity contribution in [1.29, 1.82) is 0 Å². The first-order valence-electron chi connectivity index (χ1n) is 37.9. The van der Waals surface area contributed by atoms with E-state index >= 15 is 0 Å². The molecule has 3 saturated heterocycles. The summed E-state index contributed by atoms with van der Waals surface area (Å²) in [5.41, 5.74) is -1.57. The van der Waals surface area contributed by atoms with E-state index in [2.05, 4.69) is 5.32 Å². The van der Waals surface area contributed by atoms with Crippen molar-refractivity contribution in [1.82, 2.24) is 5.32 Å². The minimum Gasteiger partial charge on any atom is -0.756 e. The van der Waals surface area contributed by atoms with Crippen LogP contribution in [0.5, 0.6) is 0 Å². The first-order valence-corrected chi connectivity index (χ1v) is 43.7. The number of phosphoric ester groups is 4. The molecular formula is C66H127NO39P4-4. The second kappa shape index (κ2) is 58.0. The fraction of sp³-hybridized carbons (Fsp3) is 0.985. The highest BCUT2D eigenvalue weighted by Crippen LogP contribution is 2.43. The standard InChI is InChI=1S/C66H131NO39P4/c1-48(2)92-29-18-22-87-42-52(38-68)43-88-36-37-102-110(85,86)103-47-66(44-89-23-19-33-99-107(79,80)96-30-15-9-6-12-26-93-63-49(3)57(73)59(75)53(39-69)104-63,45-90-24-20-34-100-108(81,82)97-31-16-10-7-13-27-94-64-50(4)58(74)60(76)54(40-70)105-64)46-91-25-21-35-101-109(83,84)98-32-17-11-8-14-28-95-65-56(67-51(5)72)62(78)61(77)55(41-71)106-65/h48-50,52-65,68-71,73-78H,6-47H2,1-5H3,(H,67,72)(H,79,80)(H,81,82)(H,83,84)(H,85,86)/p-4/t49?,50?,52?,53?,54?,55?,56?,57-,58-,59+,60+,61+,62-,63-,64-,65-,66?/m1/s1. The lowest BCUT2D eigenvalue weighted by atomic mass is 9.92. The van der Waals surface area contributed by atoms with E-state index in [-0.39, 0.29) is 118 Å². The zero-order valence-corrected chi connectivity index (χ0v) is 67.7. The molecule has 44 heteroatoms. The molecule has 3 rings (SSSR count). The van der Waals surface area contributed by atoms with Crippen LogP contribution < -0.4 is 24.9 Å². The zero-order chi connectivity index (χ0) is 81.4. The number of carbonyl (C=O) groups is 1. The van der Waals surface area contributed by atoms with Crippen LogP contribution in [0.15, 0.2) is 0 Å². The predicted molar refractivity (Wildman–Crippen MR) is 377 cm³/mol. The van der Waals surface area contributed by atoms with Gasteiger partial charge in [0.2, 0.25) is 5.91 Å². The molecule has 0 radical (unpaired) electrons. The summed E-state index contributed by atoms with van der Waals surface area (Å²) in [4.78, 5) is 63.3. The van der Waals surface area contributed by atoms with Gasteiger partial charge in [-0.25, -0.2) is 0 Å². The van der Waals surface area contributed by atoms with E-state index in [1.807, 2.05) is 13.8 Å². The normalized spacial score (nSPS) is 27.8. The fourth-order valence-electron chi connectivity index (χ4n) is 11.1. The van der Waals surface area contributed by atoms with Gasteiger partial charge in [0.15, 0.2) is 18.9 Å². The number of aliphatic hydroxyl groups is 10. The SMILES string of the molecule is CC(=O)NC1[C@H](OCCCCCCOP(=O)([O-])OCCCOCC(COCCCOP(=O)([O-])OCCCCCCO[C@@H]2OC(CO)[C@H](O)[C@H](O)C2C)(COCCCOP(=O)([O-])OCCCCCCO[C@@H]2OC(CO)[C@H](O)[C@H](O)C2C)COP(=O)([O-])OCCOCC(CO)COCCCOC(C)C)OC(CO)[C@H](O)[C@@H]1O. The molecule has 0 aliphatic carbocycles. The monoisotopic (exact) mass is 1680 g/mol. The Morgan fingerprint density at radius 1 is 0.391 bits per heavy atom. The van der Waals surface area contributed by atoms with Gasteiger partial charge in [-0.15, -0.1) is 0 Å². The Bertz CT molecular complexity index is 2460. The van der Waals surface area contributed by atoms with E-state index in [1.165, 1.54) is 6.92 Å². The Morgan fingerprint density at radius 2 is 0.709 bits per heavy atom. The molecule has 654 valence electrons. The summed E-state index contributed by atoms with van der Waals surface area (Å²) in [6, 6.07) is -1.11. The lowest BCUT2D eigenvalue weighted by Gasteiger charge is -2.42. The smallest absolute Gasteiger partial charge is 0.267 e. The third kappa shape index (κ3) is 44.2. The number of hydrogen-bond acceptors (Lipinski definition) is 39. The van der Waals surface area contributed by atoms with Crippen LogP contribution in [-0.4, -0.2) is 315 Å². The number of rotatable bonds is 69. The Kier molecular flexibility index (Phi) is 54.5. The van der Waals surface area contributed by atoms with Gasteiger partial charge in [0.05, 0.1) is 143 Å². The third-order valence-corrected chi connectivity index (χ3v) is 21.4. The Labute approximate surface area is 645 Å². The van der Waals surface area contributed by atoms with Crippen LogP contribution in [0.2, 0.25) is 0 Å². The van der Waals surface area contributed by atoms with Crippen molar-refractivity contribution in [2.24, 2.45) is 23.2 Å². The molecule has 0 aromatic heterocycles. The van der Waals surface area contributed by atoms with Crippen molar-refractivity contribution < 1.29 is 187 Å². The summed E-state index contributed by atoms with van der Waals surface area (Å²) in [6.07, 6.45) is -7.44. The molecule has 20 atom stereocenters. The number of unbranched alkanes of at least 4 members (excludes halogenated alkanes) is 9. The molecule has 0 bridgehead atoms. The molecule has 3 aliphatic rings. The van der Waals surface area contributed by atoms with Crippen LogP contribution in [0.3, 0.4) is 0 Å². The van der Waals surface area contributed by atoms with Crippen molar-refractivity contribution in [3.05, 3.63) is 0 Å². The van der Waals surface area contributed by atoms with Gasteiger partial charge in [-0.2, -0.15) is 0 Å². The number of hydrogen-bond donors (Lipinski definition) is 11. The lowest BCUT2D eigenvalue weighted by Crippen LogP contribution is -2.64. The van der Waals surface area contributed by atoms with E-state index in [1.54, 1.807) is 13.8 Å². The van der Waals surface area contributed by atoms with Crippen LogP contribution in [0.4, 0.5) is 0 Å². The average Bonchev–Trinajstić information content (AvgIpc) is 0.813. The average molecular weight is 1680 g/mol. The molecule has 11 unspecified atom stereocenters. The maximum absolute atomic E-state index is 13.4. The summed E-state index contributed by atoms with van der Waals surface area (Å²) in [5, 5.41) is 102. The Hall–Kier alpha value is -0.970. The molecule has 0 spiro atoms. The molecule has 11 N–H and O–H groups in total. The van der Waals surface area contributed by atoms with E-state index in [9.17, 15) is 93.7 Å². The molecule has 40 nitrogen and oxygen atoms in total. The number of phosphoric acid groups is 4. The van der Waals surface area contributed by atoms with Crippen molar-refractivity contribution in [3.8, 4) is 0 Å². The first-order chi connectivity index (χ1) is 52.3. The highest BCUT2D eigenvalue weighted by molar-refractivity contribution is 7.46. The molecule has 1 amide bonds. The van der Waals surface area contributed by atoms with Gasteiger partial charge in [0.1, 0.15) is 48.8 Å². The van der Waals surface area contributed by atoms with Crippen molar-refractivity contribution in [2.75, 3.05) is 172 Å². The molecule has 0 aromatic carbocycles. The van der Waals surface area contributed by atoms with Crippen LogP contribution in [0, 0.1) is 23.2 Å². The fourth-order valence-corrected chi connectivity index (χ4v) is 14.2. The molecular weight excluding hydrogens is 1550 g/mol. The van der Waals surface area contributed by atoms with Crippen molar-refractivity contribution >= 4 is 37.2 Å². The molecule has 0 saturated carbocycles. The highest BCUT2D eigenvalue weighted by Gasteiger charge is 2.46. The summed E-state index contributed by atoms with van der Waals surface area (Å²) in [5.74, 6) is -2.07. The van der Waals surface area contributed by atoms with Gasteiger partial charge < -0.3 is 169 Å². The van der Waals surface area contributed by atoms with Crippen molar-refractivity contribution in [3.63, 3.8) is 0 Å². The summed E-state index contributed by atoms with van der Waals surface area (Å²) in [6.45, 7) is 2.76. The predicted octanol–water partition coefficient (Wildman–Crippen LogP) is -0.519. The van der Waals surface area contributed by atoms with Crippen molar-refractivity contribution in [2.45, 2.75) is 223 Å². The van der Waals surface area contributed by atoms with E-state index in [0.29, 0.717) is 90.3 Å². The Morgan fingerprint density at radius 3 is 1.08 bits per heavy atom. The van der Waals surface area contributed by atoms with Gasteiger partial charge in [0, 0.05) is 77.5 Å². The Balaban J connectivity index is 1.61. The number of aliphatic hydroxyl groups excluding tert-OH is 10. The first kappa shape index (κ1) is 103. The van der Waals surface area contributed by atoms with Gasteiger partial charge in [-0.05, 0) is 78.1 Å². The number of carbonyl (C=O) groups excluding carboxylic acids is 1. The van der Waals surface area contributed by atoms with Crippen LogP contribution in [0.1, 0.15) is 137 Å². The molecule has 3 heterocycles. The van der Waals surface area contributed by atoms with Gasteiger partial charge >= 0.3 is 0 Å². The molecule has 3 fully saturated rings. The largest absolute Gasteiger partial charge is 0.756 e. The number of amides is 1. The minimum absolute atomic E-state index is 0.00493. The second-order valence-electron chi connectivity index (χ2n) is 27.5. The van der Waals surface area contributed by atoms with E-state index in [4.69, 9.17) is 93.0 Å². The van der Waals surface area contributed by atoms with Crippen LogP contribution in [-0.2, 0) is 116 Å². The van der Waals surface area contributed by atoms with Gasteiger partial charge in [-0.3, -0.25) is 23.1 Å². The summed E-state index contributed by atoms with van der Waals surface area (Å²) in [7, 11) is -19.6. The van der Waals surface area contributed by atoms with E-state index < -0.39 is 213 Å². The molecule has 3 aliphatic heterocycles. The van der Waals surface area contributed by atoms with Gasteiger partial charge in [-0.1, -0.05) is 52.4 Å². The maximum Gasteiger partial charge on any atom is 0.267 e. The summed E-state index contributed by atoms with van der Waals surface area (Å²) >= 11 is 0. The lowest BCUT2D eigenvalue weighted by molar-refractivity contribution is -0.282. The maximum atomic E-state index is 13.4. The number of ether oxygens (including phenoxy) is 12. The molecule has 0 aromatic rings. The van der Waals surface area contributed by atoms with Gasteiger partial charge in [0.25, 0.3) is 31.3 Å². The molecule has 110 heavy (non-hydrogen) atoms. The second-order valence-corrected chi connectivity index (χ2v) is 33.1. The van der Waals surface area contributed by atoms with Crippen LogP contribution in [0.25, 0.3) is 0 Å². The van der Waals surface area contributed by atoms with Crippen LogP contribution >= 0.6 is 31.3 Å². The highest BCUT2D eigenvalue weighted by atomic mass is 31.2. The quantitative estimate of drug-likeness (QED) is 0.0270. The topological polar surface area (TPSA) is 577 Å². The minimum atomic E-state index is -5.19. The zero-order valence-electron chi connectivity index (χ0n) is 64.1. The third-order valence-electron chi connectivity index (χ3n) is 17.5.